The van der Waals surface area contributed by atoms with Crippen LogP contribution < -0.4 is 11.1 Å². The Bertz CT molecular complexity index is 462. The number of nitrogens with one attached hydrogen (secondary N) is 1. The third-order valence-corrected chi connectivity index (χ3v) is 3.48. The molecule has 0 aliphatic rings. The molecule has 2 atom stereocenters. The predicted octanol–water partition coefficient (Wildman–Crippen LogP) is 2.81. The van der Waals surface area contributed by atoms with Crippen LogP contribution in [-0.2, 0) is 4.79 Å². The molecule has 0 spiro atoms. The molecule has 3 nitrogen and oxygen atoms in total. The molecule has 1 rings (SSSR count). The standard InChI is InChI=1S/C16H25FN2O/c1-11(2)9-16(4,10-18)19-15(20)12(3)13-6-5-7-14(17)8-13/h5-8,11-12H,9-10,18H2,1-4H3,(H,19,20). The van der Waals surface area contributed by atoms with E-state index in [9.17, 15) is 9.18 Å². The highest BCUT2D eigenvalue weighted by atomic mass is 19.1. The van der Waals surface area contributed by atoms with Crippen LogP contribution in [0, 0.1) is 11.7 Å². The smallest absolute Gasteiger partial charge is 0.227 e. The topological polar surface area (TPSA) is 55.1 Å². The molecule has 3 N–H and O–H groups in total. The largest absolute Gasteiger partial charge is 0.349 e. The van der Waals surface area contributed by atoms with Gasteiger partial charge in [0, 0.05) is 12.1 Å². The molecule has 0 aromatic heterocycles. The maximum atomic E-state index is 13.2. The lowest BCUT2D eigenvalue weighted by Gasteiger charge is -2.32. The minimum absolute atomic E-state index is 0.121. The van der Waals surface area contributed by atoms with Crippen molar-refractivity contribution >= 4 is 5.91 Å². The van der Waals surface area contributed by atoms with Crippen molar-refractivity contribution in [2.75, 3.05) is 6.54 Å². The number of amides is 1. The van der Waals surface area contributed by atoms with Crippen LogP contribution in [0.1, 0.15) is 45.6 Å². The number of halogens is 1. The fourth-order valence-electron chi connectivity index (χ4n) is 2.42. The van der Waals surface area contributed by atoms with Crippen molar-refractivity contribution in [1.29, 1.82) is 0 Å². The van der Waals surface area contributed by atoms with Crippen LogP contribution in [0.3, 0.4) is 0 Å². The molecule has 1 aromatic carbocycles. The average Bonchev–Trinajstić information content (AvgIpc) is 2.36. The van der Waals surface area contributed by atoms with Gasteiger partial charge in [-0.15, -0.1) is 0 Å². The summed E-state index contributed by atoms with van der Waals surface area (Å²) in [6.07, 6.45) is 0.811. The van der Waals surface area contributed by atoms with E-state index >= 15 is 0 Å². The summed E-state index contributed by atoms with van der Waals surface area (Å²) in [7, 11) is 0. The van der Waals surface area contributed by atoms with Gasteiger partial charge in [0.05, 0.1) is 5.92 Å². The van der Waals surface area contributed by atoms with Gasteiger partial charge < -0.3 is 11.1 Å². The second kappa shape index (κ2) is 6.84. The molecule has 0 saturated heterocycles. The first-order valence-corrected chi connectivity index (χ1v) is 7.05. The fourth-order valence-corrected chi connectivity index (χ4v) is 2.42. The first-order chi connectivity index (χ1) is 9.27. The van der Waals surface area contributed by atoms with E-state index in [1.807, 2.05) is 6.92 Å². The zero-order valence-electron chi connectivity index (χ0n) is 12.7. The lowest BCUT2D eigenvalue weighted by atomic mass is 9.89. The first-order valence-electron chi connectivity index (χ1n) is 7.05. The Balaban J connectivity index is 2.79. The Morgan fingerprint density at radius 1 is 1.40 bits per heavy atom. The molecular formula is C16H25FN2O. The Morgan fingerprint density at radius 3 is 2.55 bits per heavy atom. The lowest BCUT2D eigenvalue weighted by molar-refractivity contribution is -0.124. The Kier molecular flexibility index (Phi) is 5.69. The summed E-state index contributed by atoms with van der Waals surface area (Å²) >= 11 is 0. The summed E-state index contributed by atoms with van der Waals surface area (Å²) in [4.78, 5) is 12.3. The van der Waals surface area contributed by atoms with E-state index in [0.29, 0.717) is 18.0 Å². The third-order valence-electron chi connectivity index (χ3n) is 3.48. The molecule has 0 bridgehead atoms. The van der Waals surface area contributed by atoms with E-state index in [1.165, 1.54) is 12.1 Å². The van der Waals surface area contributed by atoms with Gasteiger partial charge in [-0.05, 0) is 43.9 Å². The van der Waals surface area contributed by atoms with Crippen molar-refractivity contribution < 1.29 is 9.18 Å². The van der Waals surface area contributed by atoms with Gasteiger partial charge >= 0.3 is 0 Å². The van der Waals surface area contributed by atoms with Crippen LogP contribution >= 0.6 is 0 Å². The molecule has 0 saturated carbocycles. The predicted molar refractivity (Wildman–Crippen MR) is 79.9 cm³/mol. The molecule has 112 valence electrons. The summed E-state index contributed by atoms with van der Waals surface area (Å²) in [6.45, 7) is 8.29. The van der Waals surface area contributed by atoms with E-state index in [4.69, 9.17) is 5.73 Å². The summed E-state index contributed by atoms with van der Waals surface area (Å²) < 4.78 is 13.2. The van der Waals surface area contributed by atoms with Gasteiger partial charge in [0.2, 0.25) is 5.91 Å². The molecule has 0 aliphatic carbocycles. The minimum atomic E-state index is -0.424. The molecular weight excluding hydrogens is 255 g/mol. The Hall–Kier alpha value is -1.42. The van der Waals surface area contributed by atoms with Crippen LogP contribution in [0.15, 0.2) is 24.3 Å². The quantitative estimate of drug-likeness (QED) is 0.842. The van der Waals surface area contributed by atoms with Crippen molar-refractivity contribution in [3.8, 4) is 0 Å². The number of rotatable bonds is 6. The van der Waals surface area contributed by atoms with Crippen molar-refractivity contribution in [3.63, 3.8) is 0 Å². The van der Waals surface area contributed by atoms with Crippen LogP contribution in [0.4, 0.5) is 4.39 Å². The van der Waals surface area contributed by atoms with Crippen molar-refractivity contribution in [2.45, 2.75) is 45.6 Å². The van der Waals surface area contributed by atoms with Crippen molar-refractivity contribution in [3.05, 3.63) is 35.6 Å². The Labute approximate surface area is 120 Å². The zero-order valence-corrected chi connectivity index (χ0v) is 12.7. The molecule has 20 heavy (non-hydrogen) atoms. The molecule has 4 heteroatoms. The molecule has 1 amide bonds. The fraction of sp³-hybridized carbons (Fsp3) is 0.562. The SMILES string of the molecule is CC(C)CC(C)(CN)NC(=O)C(C)c1cccc(F)c1. The number of carbonyl (C=O) groups is 1. The summed E-state index contributed by atoms with van der Waals surface area (Å²) in [5.41, 5.74) is 6.04. The van der Waals surface area contributed by atoms with E-state index in [0.717, 1.165) is 6.42 Å². The number of nitrogens with two attached hydrogens (primary N) is 1. The number of carbonyl (C=O) groups excluding carboxylic acids is 1. The van der Waals surface area contributed by atoms with Crippen molar-refractivity contribution in [1.82, 2.24) is 5.32 Å². The second-order valence-electron chi connectivity index (χ2n) is 6.13. The molecule has 0 aliphatic heterocycles. The van der Waals surface area contributed by atoms with Gasteiger partial charge in [0.25, 0.3) is 0 Å². The third kappa shape index (κ3) is 4.60. The van der Waals surface area contributed by atoms with Gasteiger partial charge in [-0.3, -0.25) is 4.79 Å². The van der Waals surface area contributed by atoms with E-state index in [-0.39, 0.29) is 11.7 Å². The van der Waals surface area contributed by atoms with Gasteiger partial charge in [-0.2, -0.15) is 0 Å². The van der Waals surface area contributed by atoms with Crippen molar-refractivity contribution in [2.24, 2.45) is 11.7 Å². The highest BCUT2D eigenvalue weighted by Crippen LogP contribution is 2.20. The van der Waals surface area contributed by atoms with Crippen LogP contribution in [0.25, 0.3) is 0 Å². The lowest BCUT2D eigenvalue weighted by Crippen LogP contribution is -2.53. The maximum absolute atomic E-state index is 13.2. The maximum Gasteiger partial charge on any atom is 0.227 e. The monoisotopic (exact) mass is 280 g/mol. The zero-order chi connectivity index (χ0) is 15.3. The highest BCUT2D eigenvalue weighted by Gasteiger charge is 2.28. The van der Waals surface area contributed by atoms with Gasteiger partial charge in [-0.25, -0.2) is 4.39 Å². The van der Waals surface area contributed by atoms with E-state index < -0.39 is 11.5 Å². The summed E-state index contributed by atoms with van der Waals surface area (Å²) in [5.74, 6) is -0.410. The van der Waals surface area contributed by atoms with Crippen LogP contribution in [0.2, 0.25) is 0 Å². The van der Waals surface area contributed by atoms with Gasteiger partial charge in [0.1, 0.15) is 5.82 Å². The normalized spacial score (nSPS) is 15.8. The average molecular weight is 280 g/mol. The molecule has 2 unspecified atom stereocenters. The summed E-state index contributed by atoms with van der Waals surface area (Å²) in [6, 6.07) is 6.14. The van der Waals surface area contributed by atoms with Crippen LogP contribution in [0.5, 0.6) is 0 Å². The van der Waals surface area contributed by atoms with Gasteiger partial charge in [-0.1, -0.05) is 26.0 Å². The molecule has 0 heterocycles. The molecule has 0 fully saturated rings. The van der Waals surface area contributed by atoms with E-state index in [2.05, 4.69) is 19.2 Å². The first kappa shape index (κ1) is 16.6. The molecule has 1 aromatic rings. The second-order valence-corrected chi connectivity index (χ2v) is 6.13. The van der Waals surface area contributed by atoms with E-state index in [1.54, 1.807) is 19.1 Å². The molecule has 0 radical (unpaired) electrons. The Morgan fingerprint density at radius 2 is 2.05 bits per heavy atom. The highest BCUT2D eigenvalue weighted by molar-refractivity contribution is 5.83. The van der Waals surface area contributed by atoms with Crippen LogP contribution in [-0.4, -0.2) is 18.0 Å². The minimum Gasteiger partial charge on any atom is -0.349 e. The number of benzene rings is 1. The van der Waals surface area contributed by atoms with Gasteiger partial charge in [0.15, 0.2) is 0 Å². The summed E-state index contributed by atoms with van der Waals surface area (Å²) in [5, 5.41) is 3.01. The number of hydrogen-bond acceptors (Lipinski definition) is 2. The number of hydrogen-bond donors (Lipinski definition) is 2.